The van der Waals surface area contributed by atoms with Crippen LogP contribution >= 0.6 is 23.2 Å². The normalized spacial score (nSPS) is 16.7. The van der Waals surface area contributed by atoms with Crippen molar-refractivity contribution in [2.24, 2.45) is 5.41 Å². The number of carbonyl (C=O) groups is 2. The molecule has 1 heterocycles. The fraction of sp³-hybridized carbons (Fsp3) is 0.500. The van der Waals surface area contributed by atoms with Gasteiger partial charge in [-0.1, -0.05) is 29.3 Å². The molecule has 2 rings (SSSR count). The highest BCUT2D eigenvalue weighted by molar-refractivity contribution is 6.41. The number of nitrogens with zero attached hydrogens (tertiary/aromatic N) is 1. The lowest BCUT2D eigenvalue weighted by Crippen LogP contribution is -2.45. The van der Waals surface area contributed by atoms with Gasteiger partial charge < -0.3 is 9.47 Å². The second-order valence-corrected chi connectivity index (χ2v) is 8.65. The molecule has 0 aromatic heterocycles. The van der Waals surface area contributed by atoms with Crippen LogP contribution in [0.3, 0.4) is 0 Å². The topological polar surface area (TPSA) is 65.1 Å². The molecule has 0 bridgehead atoms. The Hall–Kier alpha value is -1.60. The molecule has 1 aromatic carbocycles. The van der Waals surface area contributed by atoms with Crippen LogP contribution in [0.4, 0.5) is 0 Å². The second-order valence-electron chi connectivity index (χ2n) is 7.84. The van der Waals surface area contributed by atoms with Gasteiger partial charge in [0.05, 0.1) is 21.0 Å². The van der Waals surface area contributed by atoms with Crippen LogP contribution in [0.25, 0.3) is 5.57 Å². The van der Waals surface area contributed by atoms with Crippen LogP contribution in [-0.2, 0) is 23.9 Å². The number of benzene rings is 1. The lowest BCUT2D eigenvalue weighted by Gasteiger charge is -2.32. The molecule has 0 saturated heterocycles. The van der Waals surface area contributed by atoms with Crippen molar-refractivity contribution < 1.29 is 23.9 Å². The minimum absolute atomic E-state index is 0.0923. The van der Waals surface area contributed by atoms with Gasteiger partial charge in [0.2, 0.25) is 0 Å². The Kier molecular flexibility index (Phi) is 6.82. The number of hydrogen-bond donors (Lipinski definition) is 0. The Bertz CT molecular complexity index is 791. The van der Waals surface area contributed by atoms with Crippen molar-refractivity contribution in [3.05, 3.63) is 39.6 Å². The summed E-state index contributed by atoms with van der Waals surface area (Å²) >= 11 is 12.7. The lowest BCUT2D eigenvalue weighted by atomic mass is 9.95. The number of esters is 1. The summed E-state index contributed by atoms with van der Waals surface area (Å²) in [6.45, 7) is 10.7. The Morgan fingerprint density at radius 1 is 1.18 bits per heavy atom. The third kappa shape index (κ3) is 4.35. The maximum absolute atomic E-state index is 13.2. The highest BCUT2D eigenvalue weighted by Gasteiger charge is 2.51. The van der Waals surface area contributed by atoms with E-state index in [9.17, 15) is 9.59 Å². The van der Waals surface area contributed by atoms with E-state index in [-0.39, 0.29) is 28.2 Å². The van der Waals surface area contributed by atoms with Crippen molar-refractivity contribution in [3.63, 3.8) is 0 Å². The van der Waals surface area contributed by atoms with E-state index in [2.05, 4.69) is 0 Å². The Morgan fingerprint density at radius 2 is 1.75 bits per heavy atom. The first-order valence-corrected chi connectivity index (χ1v) is 9.65. The van der Waals surface area contributed by atoms with E-state index in [1.165, 1.54) is 0 Å². The van der Waals surface area contributed by atoms with Crippen molar-refractivity contribution in [3.8, 4) is 0 Å². The molecule has 0 aliphatic carbocycles. The van der Waals surface area contributed by atoms with Crippen molar-refractivity contribution in [2.45, 2.75) is 47.1 Å². The zero-order valence-corrected chi connectivity index (χ0v) is 18.4. The fourth-order valence-electron chi connectivity index (χ4n) is 2.62. The molecule has 1 aromatic rings. The van der Waals surface area contributed by atoms with Crippen LogP contribution in [-0.4, -0.2) is 35.9 Å². The molecular formula is C20H25Cl2NO5. The molecular weight excluding hydrogens is 405 g/mol. The molecule has 0 spiro atoms. The molecule has 8 heteroatoms. The first-order chi connectivity index (χ1) is 12.9. The number of hydroxylamine groups is 2. The van der Waals surface area contributed by atoms with Crippen molar-refractivity contribution >= 4 is 40.7 Å². The first-order valence-electron chi connectivity index (χ1n) is 8.89. The Morgan fingerprint density at radius 3 is 2.25 bits per heavy atom. The van der Waals surface area contributed by atoms with Gasteiger partial charge in [-0.2, -0.15) is 0 Å². The third-order valence-electron chi connectivity index (χ3n) is 4.18. The molecule has 0 radical (unpaired) electrons. The van der Waals surface area contributed by atoms with Gasteiger partial charge in [0.25, 0.3) is 5.91 Å². The largest absolute Gasteiger partial charge is 0.427 e. The van der Waals surface area contributed by atoms with Crippen LogP contribution < -0.4 is 0 Å². The van der Waals surface area contributed by atoms with E-state index in [0.717, 1.165) is 5.06 Å². The van der Waals surface area contributed by atoms with E-state index in [1.54, 1.807) is 52.8 Å². The molecule has 0 unspecified atom stereocenters. The summed E-state index contributed by atoms with van der Waals surface area (Å²) in [4.78, 5) is 31.4. The predicted octanol–water partition coefficient (Wildman–Crippen LogP) is 4.84. The molecule has 0 N–H and O–H groups in total. The van der Waals surface area contributed by atoms with Crippen molar-refractivity contribution in [1.82, 2.24) is 5.06 Å². The Balaban J connectivity index is 2.62. The zero-order valence-electron chi connectivity index (χ0n) is 16.9. The number of carbonyl (C=O) groups excluding carboxylic acids is 2. The third-order valence-corrected chi connectivity index (χ3v) is 4.81. The molecule has 154 valence electrons. The number of rotatable bonds is 6. The van der Waals surface area contributed by atoms with Gasteiger partial charge in [0, 0.05) is 12.2 Å². The average molecular weight is 430 g/mol. The minimum Gasteiger partial charge on any atom is -0.427 e. The molecule has 1 aliphatic heterocycles. The van der Waals surface area contributed by atoms with Crippen molar-refractivity contribution in [2.75, 3.05) is 13.4 Å². The van der Waals surface area contributed by atoms with Gasteiger partial charge in [0.15, 0.2) is 6.79 Å². The monoisotopic (exact) mass is 429 g/mol. The van der Waals surface area contributed by atoms with Crippen LogP contribution in [0, 0.1) is 5.41 Å². The second kappa shape index (κ2) is 8.41. The van der Waals surface area contributed by atoms with Crippen molar-refractivity contribution in [1.29, 1.82) is 0 Å². The summed E-state index contributed by atoms with van der Waals surface area (Å²) in [5, 5.41) is 1.66. The molecule has 1 amide bonds. The van der Waals surface area contributed by atoms with Crippen LogP contribution in [0.15, 0.2) is 24.0 Å². The summed E-state index contributed by atoms with van der Waals surface area (Å²) in [5.74, 6) is -0.879. The zero-order chi connectivity index (χ0) is 21.3. The summed E-state index contributed by atoms with van der Waals surface area (Å²) in [5.41, 5.74) is -1.48. The first kappa shape index (κ1) is 22.7. The smallest absolute Gasteiger partial charge is 0.316 e. The number of ether oxygens (including phenoxy) is 2. The van der Waals surface area contributed by atoms with Crippen LogP contribution in [0.5, 0.6) is 0 Å². The van der Waals surface area contributed by atoms with Crippen LogP contribution in [0.2, 0.25) is 10.0 Å². The van der Waals surface area contributed by atoms with E-state index in [0.29, 0.717) is 12.2 Å². The standard InChI is InChI=1S/C20H25Cl2NO5/c1-7-26-11-27-23-17(24)15(14-12(21)9-8-10-13(14)22)16(20(23,5)6)28-18(25)19(2,3)4/h8-10H,7,11H2,1-6H3. The van der Waals surface area contributed by atoms with Gasteiger partial charge in [-0.05, 0) is 53.7 Å². The predicted molar refractivity (Wildman–Crippen MR) is 107 cm³/mol. The van der Waals surface area contributed by atoms with E-state index in [1.807, 2.05) is 6.92 Å². The number of amides is 1. The maximum atomic E-state index is 13.2. The molecule has 0 atom stereocenters. The highest BCUT2D eigenvalue weighted by Crippen LogP contribution is 2.45. The minimum atomic E-state index is -1.09. The number of hydrogen-bond acceptors (Lipinski definition) is 5. The Labute approximate surface area is 175 Å². The lowest BCUT2D eigenvalue weighted by molar-refractivity contribution is -0.243. The molecule has 6 nitrogen and oxygen atoms in total. The molecule has 0 fully saturated rings. The van der Waals surface area contributed by atoms with E-state index in [4.69, 9.17) is 37.5 Å². The molecule has 0 saturated carbocycles. The van der Waals surface area contributed by atoms with E-state index < -0.39 is 22.8 Å². The van der Waals surface area contributed by atoms with Gasteiger partial charge in [-0.25, -0.2) is 9.90 Å². The molecule has 1 aliphatic rings. The summed E-state index contributed by atoms with van der Waals surface area (Å²) in [6, 6.07) is 4.90. The maximum Gasteiger partial charge on any atom is 0.316 e. The van der Waals surface area contributed by atoms with Gasteiger partial charge in [-0.3, -0.25) is 9.59 Å². The average Bonchev–Trinajstić information content (AvgIpc) is 2.75. The van der Waals surface area contributed by atoms with Gasteiger partial charge in [-0.15, -0.1) is 0 Å². The van der Waals surface area contributed by atoms with Gasteiger partial charge in [0.1, 0.15) is 11.3 Å². The summed E-state index contributed by atoms with van der Waals surface area (Å²) in [6.07, 6.45) is 0. The van der Waals surface area contributed by atoms with E-state index >= 15 is 0 Å². The summed E-state index contributed by atoms with van der Waals surface area (Å²) in [7, 11) is 0. The quantitative estimate of drug-likeness (QED) is 0.367. The molecule has 28 heavy (non-hydrogen) atoms. The van der Waals surface area contributed by atoms with Crippen LogP contribution in [0.1, 0.15) is 47.1 Å². The highest BCUT2D eigenvalue weighted by atomic mass is 35.5. The SMILES string of the molecule is CCOCON1C(=O)C(c2c(Cl)cccc2Cl)=C(OC(=O)C(C)(C)C)C1(C)C. The summed E-state index contributed by atoms with van der Waals surface area (Å²) < 4.78 is 10.9. The number of halogens is 2. The fourth-order valence-corrected chi connectivity index (χ4v) is 3.21. The van der Waals surface area contributed by atoms with Gasteiger partial charge >= 0.3 is 5.97 Å².